The van der Waals surface area contributed by atoms with Crippen molar-refractivity contribution in [3.05, 3.63) is 47.5 Å². The Labute approximate surface area is 176 Å². The summed E-state index contributed by atoms with van der Waals surface area (Å²) in [5.41, 5.74) is 2.15. The van der Waals surface area contributed by atoms with Crippen LogP contribution in [0.1, 0.15) is 35.0 Å². The molecular weight excluding hydrogens is 415 g/mol. The van der Waals surface area contributed by atoms with E-state index < -0.39 is 31.2 Å². The minimum atomic E-state index is -4.28. The fourth-order valence-electron chi connectivity index (χ4n) is 2.89. The van der Waals surface area contributed by atoms with Gasteiger partial charge in [0, 0.05) is 30.7 Å². The second-order valence-electron chi connectivity index (χ2n) is 7.16. The monoisotopic (exact) mass is 437 g/mol. The fraction of sp³-hybridized carbons (Fsp3) is 0.400. The van der Waals surface area contributed by atoms with Crippen molar-refractivity contribution in [2.45, 2.75) is 39.1 Å². The van der Waals surface area contributed by atoms with Gasteiger partial charge in [0.05, 0.1) is 36.6 Å². The molecule has 0 aromatic carbocycles. The Morgan fingerprint density at radius 1 is 1.35 bits per heavy atom. The summed E-state index contributed by atoms with van der Waals surface area (Å²) in [6.45, 7) is 3.21. The van der Waals surface area contributed by atoms with Crippen molar-refractivity contribution in [3.8, 4) is 5.88 Å². The number of fused-ring (bicyclic) bond motifs is 1. The first-order chi connectivity index (χ1) is 14.6. The van der Waals surface area contributed by atoms with Gasteiger partial charge < -0.3 is 15.2 Å². The molecule has 3 heterocycles. The average Bonchev–Trinajstić information content (AvgIpc) is 3.09. The highest BCUT2D eigenvalue weighted by atomic mass is 19.4. The maximum atomic E-state index is 12.3. The second-order valence-corrected chi connectivity index (χ2v) is 7.16. The molecule has 0 radical (unpaired) electrons. The van der Waals surface area contributed by atoms with Gasteiger partial charge in [-0.1, -0.05) is 0 Å². The predicted octanol–water partition coefficient (Wildman–Crippen LogP) is 2.62. The van der Waals surface area contributed by atoms with E-state index >= 15 is 0 Å². The summed E-state index contributed by atoms with van der Waals surface area (Å²) in [6, 6.07) is 3.44. The number of aryl methyl sites for hydroxylation is 1. The van der Waals surface area contributed by atoms with Gasteiger partial charge in [0.25, 0.3) is 5.91 Å². The maximum absolute atomic E-state index is 12.3. The van der Waals surface area contributed by atoms with Crippen LogP contribution in [0.5, 0.6) is 5.88 Å². The van der Waals surface area contributed by atoms with Gasteiger partial charge in [-0.2, -0.15) is 18.3 Å². The quantitative estimate of drug-likeness (QED) is 0.562. The van der Waals surface area contributed by atoms with E-state index in [2.05, 4.69) is 20.4 Å². The van der Waals surface area contributed by atoms with Crippen LogP contribution in [0.4, 0.5) is 13.2 Å². The third kappa shape index (κ3) is 6.14. The van der Waals surface area contributed by atoms with Crippen LogP contribution in [0.15, 0.2) is 30.7 Å². The number of halogens is 3. The summed E-state index contributed by atoms with van der Waals surface area (Å²) in [5, 5.41) is 16.9. The number of hydrogen-bond acceptors (Lipinski definition) is 6. The number of pyridine rings is 2. The van der Waals surface area contributed by atoms with Crippen molar-refractivity contribution in [3.63, 3.8) is 0 Å². The van der Waals surface area contributed by atoms with E-state index in [4.69, 9.17) is 4.74 Å². The van der Waals surface area contributed by atoms with E-state index in [0.717, 1.165) is 5.56 Å². The lowest BCUT2D eigenvalue weighted by molar-refractivity contribution is -0.139. The molecule has 0 saturated carbocycles. The Balaban J connectivity index is 1.72. The number of carbonyl (C=O) groups excluding carboxylic acids is 1. The molecule has 8 nitrogen and oxygen atoms in total. The Morgan fingerprint density at radius 2 is 2.13 bits per heavy atom. The molecule has 11 heteroatoms. The highest BCUT2D eigenvalue weighted by Crippen LogP contribution is 2.22. The number of carbonyl (C=O) groups is 1. The first-order valence-corrected chi connectivity index (χ1v) is 9.56. The fourth-order valence-corrected chi connectivity index (χ4v) is 2.89. The molecule has 0 bridgehead atoms. The molecule has 0 aliphatic heterocycles. The zero-order valence-corrected chi connectivity index (χ0v) is 17.0. The molecule has 0 fully saturated rings. The third-order valence-electron chi connectivity index (χ3n) is 4.31. The number of alkyl halides is 3. The maximum Gasteiger partial charge on any atom is 0.392 e. The Morgan fingerprint density at radius 3 is 2.81 bits per heavy atom. The van der Waals surface area contributed by atoms with E-state index in [0.29, 0.717) is 23.0 Å². The minimum Gasteiger partial charge on any atom is -0.477 e. The number of hydrogen-bond donors (Lipinski definition) is 2. The number of rotatable bonds is 8. The van der Waals surface area contributed by atoms with E-state index in [1.165, 1.54) is 12.4 Å². The van der Waals surface area contributed by atoms with Crippen LogP contribution < -0.4 is 10.1 Å². The zero-order chi connectivity index (χ0) is 22.6. The summed E-state index contributed by atoms with van der Waals surface area (Å²) in [5.74, 6) is -0.260. The first-order valence-electron chi connectivity index (χ1n) is 9.56. The van der Waals surface area contributed by atoms with E-state index in [-0.39, 0.29) is 18.1 Å². The summed E-state index contributed by atoms with van der Waals surface area (Å²) < 4.78 is 43.5. The van der Waals surface area contributed by atoms with Gasteiger partial charge in [0.15, 0.2) is 0 Å². The highest BCUT2D eigenvalue weighted by molar-refractivity contribution is 6.04. The number of ether oxygens (including phenoxy) is 1. The van der Waals surface area contributed by atoms with Gasteiger partial charge in [-0.25, -0.2) is 4.98 Å². The standard InChI is InChI=1S/C20H22F3N5O3/c1-12-7-14(9-26-19(12)31-6-4-20(21,22)23)10-28-11-15-16(27-28)3-5-24-17(15)18(30)25-8-13(2)29/h3,5,7,9,11,13,29H,4,6,8,10H2,1-2H3,(H,25,30). The third-order valence-corrected chi connectivity index (χ3v) is 4.31. The lowest BCUT2D eigenvalue weighted by atomic mass is 10.2. The van der Waals surface area contributed by atoms with Gasteiger partial charge in [0.2, 0.25) is 5.88 Å². The average molecular weight is 437 g/mol. The molecule has 0 aliphatic carbocycles. The zero-order valence-electron chi connectivity index (χ0n) is 17.0. The number of nitrogens with one attached hydrogen (secondary N) is 1. The number of nitrogens with zero attached hydrogens (tertiary/aromatic N) is 4. The molecule has 1 amide bonds. The normalized spacial score (nSPS) is 12.7. The molecule has 2 N–H and O–H groups in total. The van der Waals surface area contributed by atoms with Crippen LogP contribution in [0, 0.1) is 6.92 Å². The summed E-state index contributed by atoms with van der Waals surface area (Å²) >= 11 is 0. The largest absolute Gasteiger partial charge is 0.477 e. The van der Waals surface area contributed by atoms with Crippen LogP contribution in [-0.2, 0) is 6.54 Å². The van der Waals surface area contributed by atoms with E-state index in [1.807, 2.05) is 0 Å². The van der Waals surface area contributed by atoms with Crippen molar-refractivity contribution in [1.82, 2.24) is 25.1 Å². The molecule has 0 aliphatic rings. The van der Waals surface area contributed by atoms with Crippen molar-refractivity contribution < 1.29 is 27.8 Å². The SMILES string of the molecule is Cc1cc(Cn2cc3c(C(=O)NCC(C)O)nccc3n2)cnc1OCCC(F)(F)F. The van der Waals surface area contributed by atoms with E-state index in [9.17, 15) is 23.1 Å². The van der Waals surface area contributed by atoms with Gasteiger partial charge in [0.1, 0.15) is 5.69 Å². The Kier molecular flexibility index (Phi) is 6.74. The van der Waals surface area contributed by atoms with Gasteiger partial charge >= 0.3 is 6.18 Å². The molecule has 1 unspecified atom stereocenters. The first kappa shape index (κ1) is 22.5. The van der Waals surface area contributed by atoms with Crippen LogP contribution in [0.25, 0.3) is 10.9 Å². The Bertz CT molecular complexity index is 1070. The van der Waals surface area contributed by atoms with Gasteiger partial charge in [-0.3, -0.25) is 14.5 Å². The molecule has 3 rings (SSSR count). The van der Waals surface area contributed by atoms with Crippen LogP contribution >= 0.6 is 0 Å². The molecule has 166 valence electrons. The number of aliphatic hydroxyl groups is 1. The minimum absolute atomic E-state index is 0.105. The number of aromatic nitrogens is 4. The van der Waals surface area contributed by atoms with Crippen molar-refractivity contribution >= 4 is 16.8 Å². The number of amides is 1. The van der Waals surface area contributed by atoms with Crippen LogP contribution in [0.2, 0.25) is 0 Å². The smallest absolute Gasteiger partial charge is 0.392 e. The molecule has 1 atom stereocenters. The molecule has 0 saturated heterocycles. The summed E-state index contributed by atoms with van der Waals surface area (Å²) in [4.78, 5) is 20.6. The van der Waals surface area contributed by atoms with Crippen LogP contribution in [0.3, 0.4) is 0 Å². The predicted molar refractivity (Wildman–Crippen MR) is 106 cm³/mol. The van der Waals surface area contributed by atoms with Crippen LogP contribution in [-0.4, -0.2) is 56.2 Å². The van der Waals surface area contributed by atoms with Crippen molar-refractivity contribution in [2.24, 2.45) is 0 Å². The lowest BCUT2D eigenvalue weighted by Gasteiger charge is -2.11. The molecule has 0 spiro atoms. The lowest BCUT2D eigenvalue weighted by Crippen LogP contribution is -2.31. The second kappa shape index (κ2) is 9.29. The van der Waals surface area contributed by atoms with Gasteiger partial charge in [-0.15, -0.1) is 0 Å². The molecular formula is C20H22F3N5O3. The number of aliphatic hydroxyl groups excluding tert-OH is 1. The Hall–Kier alpha value is -3.21. The summed E-state index contributed by atoms with van der Waals surface area (Å²) in [6.07, 6.45) is -1.33. The highest BCUT2D eigenvalue weighted by Gasteiger charge is 2.27. The van der Waals surface area contributed by atoms with E-state index in [1.54, 1.807) is 36.9 Å². The molecule has 3 aromatic heterocycles. The summed E-state index contributed by atoms with van der Waals surface area (Å²) in [7, 11) is 0. The molecule has 3 aromatic rings. The molecule has 31 heavy (non-hydrogen) atoms. The van der Waals surface area contributed by atoms with Crippen molar-refractivity contribution in [1.29, 1.82) is 0 Å². The van der Waals surface area contributed by atoms with Crippen molar-refractivity contribution in [2.75, 3.05) is 13.2 Å². The topological polar surface area (TPSA) is 102 Å². The van der Waals surface area contributed by atoms with Gasteiger partial charge in [-0.05, 0) is 31.5 Å².